The van der Waals surface area contributed by atoms with E-state index in [9.17, 15) is 4.79 Å². The fourth-order valence-corrected chi connectivity index (χ4v) is 5.11. The predicted molar refractivity (Wildman–Crippen MR) is 149 cm³/mol. The largest absolute Gasteiger partial charge is 0.439 e. The molecule has 2 fully saturated rings. The number of nitrogens with one attached hydrogen (secondary N) is 1. The standard InChI is InChI=1S/C18H16ClN7O2.C7H14.C2H6O/c1-25-15-12(22-17(25)26-4-2-3-5-26)7-13(16-23-18(27)28-24-16)21-14(15)10-6-11(19)9-20-8-10;1-7-5-3-2-4-6-7;1-3-2/h6-9H,2-5H2,1H3,(H,23,24,27);7H,2-6H2,1H3;1-2H3. The Balaban J connectivity index is 0.000000286. The molecule has 0 atom stereocenters. The summed E-state index contributed by atoms with van der Waals surface area (Å²) in [6.07, 6.45) is 13.0. The Morgan fingerprint density at radius 1 is 1.05 bits per heavy atom. The number of rotatable bonds is 3. The molecule has 0 spiro atoms. The highest BCUT2D eigenvalue weighted by Gasteiger charge is 2.23. The van der Waals surface area contributed by atoms with Crippen LogP contribution in [0, 0.1) is 5.92 Å². The third-order valence-electron chi connectivity index (χ3n) is 6.77. The van der Waals surface area contributed by atoms with Crippen LogP contribution in [0.5, 0.6) is 0 Å². The van der Waals surface area contributed by atoms with E-state index in [0.717, 1.165) is 54.4 Å². The van der Waals surface area contributed by atoms with E-state index in [1.807, 2.05) is 11.6 Å². The van der Waals surface area contributed by atoms with E-state index in [4.69, 9.17) is 21.6 Å². The molecule has 11 heteroatoms. The monoisotopic (exact) mass is 541 g/mol. The lowest BCUT2D eigenvalue weighted by Gasteiger charge is -2.16. The zero-order valence-corrected chi connectivity index (χ0v) is 23.3. The van der Waals surface area contributed by atoms with E-state index in [2.05, 4.69) is 36.2 Å². The molecule has 0 radical (unpaired) electrons. The van der Waals surface area contributed by atoms with Crippen molar-refractivity contribution in [2.75, 3.05) is 32.2 Å². The number of imidazole rings is 1. The van der Waals surface area contributed by atoms with Crippen molar-refractivity contribution in [3.05, 3.63) is 40.1 Å². The van der Waals surface area contributed by atoms with E-state index >= 15 is 0 Å². The average molecular weight is 542 g/mol. The van der Waals surface area contributed by atoms with Crippen LogP contribution in [0.15, 0.2) is 33.8 Å². The van der Waals surface area contributed by atoms with Gasteiger partial charge in [-0.15, -0.1) is 0 Å². The molecular formula is C27H36ClN7O3. The molecule has 6 rings (SSSR count). The number of anilines is 1. The van der Waals surface area contributed by atoms with Crippen molar-refractivity contribution in [2.45, 2.75) is 51.9 Å². The van der Waals surface area contributed by atoms with Crippen molar-refractivity contribution >= 4 is 28.6 Å². The quantitative estimate of drug-likeness (QED) is 0.362. The van der Waals surface area contributed by atoms with Gasteiger partial charge in [-0.2, -0.15) is 0 Å². The molecule has 1 saturated carbocycles. The lowest BCUT2D eigenvalue weighted by atomic mass is 9.91. The van der Waals surface area contributed by atoms with Gasteiger partial charge >= 0.3 is 5.76 Å². The Kier molecular flexibility index (Phi) is 9.52. The summed E-state index contributed by atoms with van der Waals surface area (Å²) < 4.78 is 10.9. The molecule has 4 aromatic rings. The van der Waals surface area contributed by atoms with Gasteiger partial charge in [0.1, 0.15) is 5.69 Å². The Morgan fingerprint density at radius 2 is 1.76 bits per heavy atom. The predicted octanol–water partition coefficient (Wildman–Crippen LogP) is 5.48. The number of fused-ring (bicyclic) bond motifs is 1. The van der Waals surface area contributed by atoms with Crippen molar-refractivity contribution in [1.82, 2.24) is 29.7 Å². The number of ether oxygens (including phenoxy) is 1. The maximum atomic E-state index is 11.4. The van der Waals surface area contributed by atoms with Gasteiger partial charge in [-0.3, -0.25) is 14.5 Å². The molecule has 1 saturated heterocycles. The molecular weight excluding hydrogens is 506 g/mol. The van der Waals surface area contributed by atoms with Gasteiger partial charge in [0, 0.05) is 52.3 Å². The number of methoxy groups -OCH3 is 1. The molecule has 1 N–H and O–H groups in total. The van der Waals surface area contributed by atoms with Crippen LogP contribution in [0.1, 0.15) is 51.9 Å². The Hall–Kier alpha value is -3.24. The second kappa shape index (κ2) is 13.0. The summed E-state index contributed by atoms with van der Waals surface area (Å²) in [4.78, 5) is 29.9. The van der Waals surface area contributed by atoms with Gasteiger partial charge in [0.25, 0.3) is 0 Å². The highest BCUT2D eigenvalue weighted by atomic mass is 35.5. The number of halogens is 1. The van der Waals surface area contributed by atoms with E-state index in [1.165, 1.54) is 32.1 Å². The molecule has 10 nitrogen and oxygen atoms in total. The Morgan fingerprint density at radius 3 is 2.34 bits per heavy atom. The number of pyridine rings is 2. The van der Waals surface area contributed by atoms with Crippen LogP contribution in [-0.2, 0) is 11.8 Å². The van der Waals surface area contributed by atoms with Gasteiger partial charge in [0.2, 0.25) is 11.8 Å². The lowest BCUT2D eigenvalue weighted by molar-refractivity contribution is 0.277. The van der Waals surface area contributed by atoms with Crippen molar-refractivity contribution in [2.24, 2.45) is 13.0 Å². The molecule has 38 heavy (non-hydrogen) atoms. The van der Waals surface area contributed by atoms with E-state index in [0.29, 0.717) is 16.4 Å². The molecule has 4 aromatic heterocycles. The highest BCUT2D eigenvalue weighted by molar-refractivity contribution is 6.30. The van der Waals surface area contributed by atoms with Crippen LogP contribution in [-0.4, -0.2) is 57.0 Å². The number of aryl methyl sites for hydroxylation is 1. The maximum absolute atomic E-state index is 11.4. The third-order valence-corrected chi connectivity index (χ3v) is 6.98. The molecule has 0 amide bonds. The van der Waals surface area contributed by atoms with Crippen LogP contribution in [0.4, 0.5) is 5.95 Å². The van der Waals surface area contributed by atoms with Gasteiger partial charge in [-0.25, -0.2) is 14.8 Å². The van der Waals surface area contributed by atoms with Crippen LogP contribution in [0.2, 0.25) is 5.02 Å². The number of hydrogen-bond donors (Lipinski definition) is 1. The summed E-state index contributed by atoms with van der Waals surface area (Å²) in [6.45, 7) is 4.31. The van der Waals surface area contributed by atoms with Gasteiger partial charge < -0.3 is 14.2 Å². The molecule has 0 bridgehead atoms. The number of nitrogens with zero attached hydrogens (tertiary/aromatic N) is 6. The molecule has 0 aromatic carbocycles. The minimum Gasteiger partial charge on any atom is -0.388 e. The number of H-pyrrole nitrogens is 1. The minimum absolute atomic E-state index is 0.247. The number of aromatic amines is 1. The lowest BCUT2D eigenvalue weighted by Crippen LogP contribution is -2.21. The first-order valence-electron chi connectivity index (χ1n) is 13.1. The Labute approximate surface area is 227 Å². The molecule has 2 aliphatic rings. The first-order valence-corrected chi connectivity index (χ1v) is 13.5. The fraction of sp³-hybridized carbons (Fsp3) is 0.519. The van der Waals surface area contributed by atoms with Crippen LogP contribution in [0.25, 0.3) is 33.8 Å². The molecule has 204 valence electrons. The van der Waals surface area contributed by atoms with Gasteiger partial charge in [-0.1, -0.05) is 55.8 Å². The summed E-state index contributed by atoms with van der Waals surface area (Å²) in [6, 6.07) is 3.60. The van der Waals surface area contributed by atoms with Crippen LogP contribution >= 0.6 is 11.6 Å². The number of aromatic nitrogens is 6. The Bertz CT molecular complexity index is 1390. The molecule has 1 aliphatic heterocycles. The molecule has 1 aliphatic carbocycles. The summed E-state index contributed by atoms with van der Waals surface area (Å²) in [5.41, 5.74) is 3.47. The van der Waals surface area contributed by atoms with Crippen molar-refractivity contribution in [3.63, 3.8) is 0 Å². The SMILES string of the molecule is CC1CCCCC1.COC.Cn1c(N2CCCC2)nc2cc(-c3noc(=O)[nH]3)nc(-c3cncc(Cl)c3)c21. The second-order valence-electron chi connectivity index (χ2n) is 9.88. The smallest absolute Gasteiger partial charge is 0.388 e. The second-order valence-corrected chi connectivity index (χ2v) is 10.3. The average Bonchev–Trinajstić information content (AvgIpc) is 3.66. The van der Waals surface area contributed by atoms with E-state index in [-0.39, 0.29) is 5.82 Å². The molecule has 5 heterocycles. The molecule has 0 unspecified atom stereocenters. The first kappa shape index (κ1) is 27.8. The normalized spacial score (nSPS) is 15.7. The van der Waals surface area contributed by atoms with Crippen LogP contribution in [0.3, 0.4) is 0 Å². The van der Waals surface area contributed by atoms with Gasteiger partial charge in [0.05, 0.1) is 21.7 Å². The minimum atomic E-state index is -0.637. The zero-order valence-electron chi connectivity index (χ0n) is 22.5. The first-order chi connectivity index (χ1) is 18.4. The summed E-state index contributed by atoms with van der Waals surface area (Å²) in [5, 5.41) is 4.27. The van der Waals surface area contributed by atoms with Crippen LogP contribution < -0.4 is 10.7 Å². The third kappa shape index (κ3) is 6.60. The van der Waals surface area contributed by atoms with Crippen molar-refractivity contribution < 1.29 is 9.26 Å². The maximum Gasteiger partial charge on any atom is 0.439 e. The van der Waals surface area contributed by atoms with Gasteiger partial charge in [-0.05, 0) is 30.9 Å². The fourth-order valence-electron chi connectivity index (χ4n) is 4.93. The topological polar surface area (TPSA) is 115 Å². The van der Waals surface area contributed by atoms with E-state index < -0.39 is 5.76 Å². The summed E-state index contributed by atoms with van der Waals surface area (Å²) >= 11 is 6.16. The highest BCUT2D eigenvalue weighted by Crippen LogP contribution is 2.33. The summed E-state index contributed by atoms with van der Waals surface area (Å²) in [7, 11) is 5.23. The van der Waals surface area contributed by atoms with E-state index in [1.54, 1.807) is 38.7 Å². The van der Waals surface area contributed by atoms with Crippen molar-refractivity contribution in [1.29, 1.82) is 0 Å². The summed E-state index contributed by atoms with van der Waals surface area (Å²) in [5.74, 6) is 1.53. The van der Waals surface area contributed by atoms with Crippen molar-refractivity contribution in [3.8, 4) is 22.8 Å². The number of hydrogen-bond acceptors (Lipinski definition) is 8. The zero-order chi connectivity index (χ0) is 27.1. The van der Waals surface area contributed by atoms with Gasteiger partial charge in [0.15, 0.2) is 0 Å².